The van der Waals surface area contributed by atoms with Crippen molar-refractivity contribution in [1.29, 1.82) is 0 Å². The number of pyridine rings is 1. The first-order chi connectivity index (χ1) is 15.5. The highest BCUT2D eigenvalue weighted by molar-refractivity contribution is 7.88. The third-order valence-electron chi connectivity index (χ3n) is 6.45. The molecule has 1 aliphatic carbocycles. The molecule has 0 radical (unpaired) electrons. The van der Waals surface area contributed by atoms with Crippen molar-refractivity contribution in [3.05, 3.63) is 52.3 Å². The van der Waals surface area contributed by atoms with Gasteiger partial charge in [0.05, 0.1) is 11.8 Å². The molecule has 0 unspecified atom stereocenters. The SMILES string of the molecule is Cc1cc(-c2noc(-c3cncc4c3CCC(C)(C)C4)n2)cc(C)c1CCCNS(C)(=O)=O. The van der Waals surface area contributed by atoms with Crippen molar-refractivity contribution in [2.75, 3.05) is 12.8 Å². The van der Waals surface area contributed by atoms with Gasteiger partial charge in [0.25, 0.3) is 5.89 Å². The maximum atomic E-state index is 11.3. The lowest BCUT2D eigenvalue weighted by atomic mass is 9.74. The van der Waals surface area contributed by atoms with E-state index in [2.05, 4.69) is 54.7 Å². The first-order valence-corrected chi connectivity index (χ1v) is 13.3. The largest absolute Gasteiger partial charge is 0.334 e. The number of nitrogens with one attached hydrogen (secondary N) is 1. The molecule has 1 N–H and O–H groups in total. The van der Waals surface area contributed by atoms with E-state index in [0.29, 0.717) is 18.3 Å². The van der Waals surface area contributed by atoms with Crippen LogP contribution in [-0.2, 0) is 29.3 Å². The second-order valence-electron chi connectivity index (χ2n) is 9.95. The molecular weight excluding hydrogens is 436 g/mol. The Hall–Kier alpha value is -2.58. The number of benzene rings is 1. The molecule has 3 aromatic rings. The van der Waals surface area contributed by atoms with Gasteiger partial charge in [-0.05, 0) is 91.3 Å². The molecule has 0 spiro atoms. The summed E-state index contributed by atoms with van der Waals surface area (Å²) < 4.78 is 30.7. The summed E-state index contributed by atoms with van der Waals surface area (Å²) in [6.07, 6.45) is 9.63. The van der Waals surface area contributed by atoms with Crippen LogP contribution in [0.15, 0.2) is 29.0 Å². The fourth-order valence-corrected chi connectivity index (χ4v) is 5.23. The summed E-state index contributed by atoms with van der Waals surface area (Å²) >= 11 is 0. The van der Waals surface area contributed by atoms with Gasteiger partial charge >= 0.3 is 0 Å². The van der Waals surface area contributed by atoms with Gasteiger partial charge in [-0.3, -0.25) is 4.98 Å². The number of rotatable bonds is 7. The van der Waals surface area contributed by atoms with E-state index in [1.54, 1.807) is 0 Å². The standard InChI is InChI=1S/C25H32N4O3S/c1-16-11-18(12-17(2)20(16)7-6-10-27-33(5,30)31)23-28-24(32-29-23)22-15-26-14-19-13-25(3,4)9-8-21(19)22/h11-12,14-15,27H,6-10,13H2,1-5H3. The quantitative estimate of drug-likeness (QED) is 0.516. The average Bonchev–Trinajstić information content (AvgIpc) is 3.20. The lowest BCUT2D eigenvalue weighted by Crippen LogP contribution is -2.23. The van der Waals surface area contributed by atoms with E-state index < -0.39 is 10.0 Å². The Morgan fingerprint density at radius 1 is 1.15 bits per heavy atom. The highest BCUT2D eigenvalue weighted by Gasteiger charge is 2.28. The molecule has 2 aromatic heterocycles. The zero-order chi connectivity index (χ0) is 23.8. The van der Waals surface area contributed by atoms with E-state index in [4.69, 9.17) is 9.51 Å². The third-order valence-corrected chi connectivity index (χ3v) is 7.17. The molecule has 0 fully saturated rings. The van der Waals surface area contributed by atoms with E-state index in [1.807, 2.05) is 12.4 Å². The monoisotopic (exact) mass is 468 g/mol. The number of sulfonamides is 1. The highest BCUT2D eigenvalue weighted by Crippen LogP contribution is 2.38. The van der Waals surface area contributed by atoms with Gasteiger partial charge in [0.1, 0.15) is 0 Å². The van der Waals surface area contributed by atoms with Gasteiger partial charge in [-0.1, -0.05) is 19.0 Å². The van der Waals surface area contributed by atoms with Crippen LogP contribution in [0.2, 0.25) is 0 Å². The molecule has 0 atom stereocenters. The van der Waals surface area contributed by atoms with Crippen molar-refractivity contribution >= 4 is 10.0 Å². The highest BCUT2D eigenvalue weighted by atomic mass is 32.2. The van der Waals surface area contributed by atoms with Crippen molar-refractivity contribution in [1.82, 2.24) is 19.8 Å². The van der Waals surface area contributed by atoms with Crippen LogP contribution in [-0.4, -0.2) is 36.3 Å². The molecule has 33 heavy (non-hydrogen) atoms. The van der Waals surface area contributed by atoms with Crippen LogP contribution in [0, 0.1) is 19.3 Å². The lowest BCUT2D eigenvalue weighted by molar-refractivity contribution is 0.314. The van der Waals surface area contributed by atoms with Gasteiger partial charge < -0.3 is 4.52 Å². The van der Waals surface area contributed by atoms with Gasteiger partial charge in [0.15, 0.2) is 0 Å². The number of fused-ring (bicyclic) bond motifs is 1. The molecule has 0 saturated carbocycles. The van der Waals surface area contributed by atoms with Crippen molar-refractivity contribution in [3.63, 3.8) is 0 Å². The summed E-state index contributed by atoms with van der Waals surface area (Å²) in [7, 11) is -3.16. The predicted octanol–water partition coefficient (Wildman–Crippen LogP) is 4.41. The fourth-order valence-electron chi connectivity index (χ4n) is 4.72. The Labute approximate surface area is 196 Å². The molecule has 7 nitrogen and oxygen atoms in total. The predicted molar refractivity (Wildman–Crippen MR) is 129 cm³/mol. The van der Waals surface area contributed by atoms with Crippen LogP contribution < -0.4 is 4.72 Å². The minimum atomic E-state index is -3.16. The molecule has 8 heteroatoms. The zero-order valence-corrected chi connectivity index (χ0v) is 20.8. The number of aryl methyl sites for hydroxylation is 2. The molecule has 0 saturated heterocycles. The van der Waals surface area contributed by atoms with Gasteiger partial charge in [0, 0.05) is 24.5 Å². The normalized spacial score (nSPS) is 15.4. The maximum absolute atomic E-state index is 11.3. The van der Waals surface area contributed by atoms with Crippen LogP contribution >= 0.6 is 0 Å². The molecule has 0 amide bonds. The molecule has 176 valence electrons. The number of hydrogen-bond donors (Lipinski definition) is 1. The summed E-state index contributed by atoms with van der Waals surface area (Å²) in [4.78, 5) is 9.16. The summed E-state index contributed by atoms with van der Waals surface area (Å²) in [5, 5.41) is 4.26. The molecule has 4 rings (SSSR count). The Morgan fingerprint density at radius 2 is 1.88 bits per heavy atom. The molecule has 0 aliphatic heterocycles. The smallest absolute Gasteiger partial charge is 0.260 e. The Balaban J connectivity index is 1.55. The minimum absolute atomic E-state index is 0.283. The van der Waals surface area contributed by atoms with E-state index in [-0.39, 0.29) is 5.41 Å². The summed E-state index contributed by atoms with van der Waals surface area (Å²) in [5.74, 6) is 1.08. The van der Waals surface area contributed by atoms with Crippen LogP contribution in [0.25, 0.3) is 22.8 Å². The van der Waals surface area contributed by atoms with Gasteiger partial charge in [-0.25, -0.2) is 13.1 Å². The molecule has 1 aliphatic rings. The first kappa shape index (κ1) is 23.6. The molecule has 0 bridgehead atoms. The summed E-state index contributed by atoms with van der Waals surface area (Å²) in [6, 6.07) is 4.14. The van der Waals surface area contributed by atoms with Crippen molar-refractivity contribution in [3.8, 4) is 22.8 Å². The van der Waals surface area contributed by atoms with E-state index in [9.17, 15) is 8.42 Å². The van der Waals surface area contributed by atoms with E-state index >= 15 is 0 Å². The summed E-state index contributed by atoms with van der Waals surface area (Å²) in [6.45, 7) is 9.15. The lowest BCUT2D eigenvalue weighted by Gasteiger charge is -2.31. The number of hydrogen-bond acceptors (Lipinski definition) is 6. The molecule has 1 aromatic carbocycles. The second kappa shape index (κ2) is 8.99. The number of aromatic nitrogens is 3. The zero-order valence-electron chi connectivity index (χ0n) is 20.0. The third kappa shape index (κ3) is 5.50. The van der Waals surface area contributed by atoms with Crippen LogP contribution in [0.4, 0.5) is 0 Å². The Kier molecular flexibility index (Phi) is 6.42. The second-order valence-corrected chi connectivity index (χ2v) is 11.8. The molecular formula is C25H32N4O3S. The fraction of sp³-hybridized carbons (Fsp3) is 0.480. The van der Waals surface area contributed by atoms with Crippen molar-refractivity contribution < 1.29 is 12.9 Å². The van der Waals surface area contributed by atoms with Crippen LogP contribution in [0.5, 0.6) is 0 Å². The van der Waals surface area contributed by atoms with Crippen LogP contribution in [0.1, 0.15) is 54.5 Å². The van der Waals surface area contributed by atoms with Crippen molar-refractivity contribution in [2.45, 2.75) is 59.8 Å². The van der Waals surface area contributed by atoms with E-state index in [0.717, 1.165) is 54.4 Å². The summed E-state index contributed by atoms with van der Waals surface area (Å²) in [5.41, 5.74) is 8.16. The van der Waals surface area contributed by atoms with Crippen LogP contribution in [0.3, 0.4) is 0 Å². The van der Waals surface area contributed by atoms with Gasteiger partial charge in [-0.15, -0.1) is 0 Å². The number of nitrogens with zero attached hydrogens (tertiary/aromatic N) is 3. The average molecular weight is 469 g/mol. The minimum Gasteiger partial charge on any atom is -0.334 e. The van der Waals surface area contributed by atoms with Gasteiger partial charge in [-0.2, -0.15) is 4.98 Å². The Bertz CT molecular complexity index is 1260. The topological polar surface area (TPSA) is 98.0 Å². The maximum Gasteiger partial charge on any atom is 0.260 e. The van der Waals surface area contributed by atoms with Crippen molar-refractivity contribution in [2.24, 2.45) is 5.41 Å². The van der Waals surface area contributed by atoms with Gasteiger partial charge in [0.2, 0.25) is 15.8 Å². The Morgan fingerprint density at radius 3 is 2.58 bits per heavy atom. The first-order valence-electron chi connectivity index (χ1n) is 11.4. The van der Waals surface area contributed by atoms with E-state index in [1.165, 1.54) is 22.9 Å². The molecule has 2 heterocycles.